The van der Waals surface area contributed by atoms with Crippen molar-refractivity contribution in [3.63, 3.8) is 0 Å². The maximum atomic E-state index is 9.49. The van der Waals surface area contributed by atoms with Crippen molar-refractivity contribution < 1.29 is 9.84 Å². The van der Waals surface area contributed by atoms with Gasteiger partial charge in [0.15, 0.2) is 0 Å². The van der Waals surface area contributed by atoms with E-state index in [1.165, 1.54) is 5.56 Å². The number of hydrogen-bond donors (Lipinski definition) is 2. The van der Waals surface area contributed by atoms with E-state index in [9.17, 15) is 5.11 Å². The van der Waals surface area contributed by atoms with E-state index in [0.29, 0.717) is 6.54 Å². The third-order valence-corrected chi connectivity index (χ3v) is 4.29. The topological polar surface area (TPSA) is 58.7 Å². The van der Waals surface area contributed by atoms with Gasteiger partial charge in [-0.3, -0.25) is 4.90 Å². The number of hydrogen-bond acceptors (Lipinski definition) is 4. The van der Waals surface area contributed by atoms with E-state index in [2.05, 4.69) is 46.8 Å². The zero-order chi connectivity index (χ0) is 15.6. The van der Waals surface area contributed by atoms with Gasteiger partial charge in [0.05, 0.1) is 18.3 Å². The predicted molar refractivity (Wildman–Crippen MR) is 88.1 cm³/mol. The lowest BCUT2D eigenvalue weighted by molar-refractivity contribution is -0.158. The molecule has 0 spiro atoms. The molecular formula is C16H25BrN2O2. The number of benzene rings is 1. The Morgan fingerprint density at radius 3 is 2.81 bits per heavy atom. The van der Waals surface area contributed by atoms with Gasteiger partial charge in [0.25, 0.3) is 0 Å². The average molecular weight is 357 g/mol. The average Bonchev–Trinajstić information content (AvgIpc) is 2.36. The monoisotopic (exact) mass is 356 g/mol. The molecule has 0 aliphatic carbocycles. The van der Waals surface area contributed by atoms with Crippen LogP contribution in [0.15, 0.2) is 28.7 Å². The van der Waals surface area contributed by atoms with Crippen LogP contribution in [0.1, 0.15) is 32.4 Å². The number of morpholine rings is 1. The smallest absolute Gasteiger partial charge is 0.0940 e. The van der Waals surface area contributed by atoms with Crippen LogP contribution in [0, 0.1) is 0 Å². The van der Waals surface area contributed by atoms with E-state index >= 15 is 0 Å². The number of nitrogens with zero attached hydrogens (tertiary/aromatic N) is 1. The van der Waals surface area contributed by atoms with Crippen LogP contribution in [0.5, 0.6) is 0 Å². The lowest BCUT2D eigenvalue weighted by Crippen LogP contribution is -2.56. The molecule has 1 aromatic carbocycles. The molecule has 0 bridgehead atoms. The first-order valence-corrected chi connectivity index (χ1v) is 8.15. The maximum absolute atomic E-state index is 9.49. The van der Waals surface area contributed by atoms with Crippen LogP contribution in [0.3, 0.4) is 0 Å². The standard InChI is InChI=1S/C16H25BrN2O2/c1-11(18)15(12-5-4-6-13(17)7-12)19-8-14(9-20)21-16(2,3)10-19/h4-7,11,14-15,20H,8-10,18H2,1-3H3. The highest BCUT2D eigenvalue weighted by atomic mass is 79.9. The van der Waals surface area contributed by atoms with Gasteiger partial charge in [0, 0.05) is 29.6 Å². The third kappa shape index (κ3) is 4.27. The summed E-state index contributed by atoms with van der Waals surface area (Å²) in [5, 5.41) is 9.49. The van der Waals surface area contributed by atoms with Crippen molar-refractivity contribution in [2.24, 2.45) is 5.73 Å². The maximum Gasteiger partial charge on any atom is 0.0940 e. The molecule has 3 atom stereocenters. The molecule has 1 aliphatic heterocycles. The summed E-state index contributed by atoms with van der Waals surface area (Å²) in [6.07, 6.45) is -0.165. The summed E-state index contributed by atoms with van der Waals surface area (Å²) in [4.78, 5) is 2.33. The molecule has 0 radical (unpaired) electrons. The number of aliphatic hydroxyl groups excluding tert-OH is 1. The zero-order valence-electron chi connectivity index (χ0n) is 12.9. The van der Waals surface area contributed by atoms with Crippen LogP contribution in [-0.4, -0.2) is 47.4 Å². The lowest BCUT2D eigenvalue weighted by Gasteiger charge is -2.46. The van der Waals surface area contributed by atoms with Crippen LogP contribution in [0.25, 0.3) is 0 Å². The van der Waals surface area contributed by atoms with Gasteiger partial charge in [-0.25, -0.2) is 0 Å². The molecule has 5 heteroatoms. The molecule has 1 fully saturated rings. The molecule has 0 amide bonds. The van der Waals surface area contributed by atoms with E-state index in [1.54, 1.807) is 0 Å². The van der Waals surface area contributed by atoms with E-state index < -0.39 is 0 Å². The Morgan fingerprint density at radius 2 is 2.24 bits per heavy atom. The van der Waals surface area contributed by atoms with Gasteiger partial charge in [0.1, 0.15) is 0 Å². The van der Waals surface area contributed by atoms with Crippen molar-refractivity contribution in [3.8, 4) is 0 Å². The molecule has 1 aromatic rings. The van der Waals surface area contributed by atoms with E-state index in [1.807, 2.05) is 19.1 Å². The fourth-order valence-corrected chi connectivity index (χ4v) is 3.60. The first kappa shape index (κ1) is 16.9. The second-order valence-corrected chi connectivity index (χ2v) is 7.39. The van der Waals surface area contributed by atoms with Gasteiger partial charge >= 0.3 is 0 Å². The van der Waals surface area contributed by atoms with E-state index in [4.69, 9.17) is 10.5 Å². The van der Waals surface area contributed by atoms with Crippen molar-refractivity contribution in [1.82, 2.24) is 4.90 Å². The Balaban J connectivity index is 2.29. The predicted octanol–water partition coefficient (Wildman–Crippen LogP) is 2.31. The molecular weight excluding hydrogens is 332 g/mol. The van der Waals surface area contributed by atoms with E-state index in [-0.39, 0.29) is 30.4 Å². The quantitative estimate of drug-likeness (QED) is 0.868. The lowest BCUT2D eigenvalue weighted by atomic mass is 9.95. The minimum absolute atomic E-state index is 0.00690. The summed E-state index contributed by atoms with van der Waals surface area (Å²) in [6.45, 7) is 7.66. The second-order valence-electron chi connectivity index (χ2n) is 6.47. The largest absolute Gasteiger partial charge is 0.394 e. The van der Waals surface area contributed by atoms with Crippen LogP contribution in [0.4, 0.5) is 0 Å². The molecule has 1 heterocycles. The molecule has 4 nitrogen and oxygen atoms in total. The molecule has 0 aromatic heterocycles. The molecule has 1 aliphatic rings. The van der Waals surface area contributed by atoms with E-state index in [0.717, 1.165) is 11.0 Å². The first-order chi connectivity index (χ1) is 9.82. The van der Waals surface area contributed by atoms with Gasteiger partial charge in [-0.2, -0.15) is 0 Å². The highest BCUT2D eigenvalue weighted by molar-refractivity contribution is 9.10. The van der Waals surface area contributed by atoms with Crippen LogP contribution in [0.2, 0.25) is 0 Å². The number of nitrogens with two attached hydrogens (primary N) is 1. The Bertz CT molecular complexity index is 479. The number of rotatable bonds is 4. The van der Waals surface area contributed by atoms with Gasteiger partial charge in [-0.15, -0.1) is 0 Å². The SMILES string of the molecule is CC(N)C(c1cccc(Br)c1)N1CC(CO)OC(C)(C)C1. The molecule has 0 saturated carbocycles. The summed E-state index contributed by atoms with van der Waals surface area (Å²) in [5.41, 5.74) is 7.17. The highest BCUT2D eigenvalue weighted by Crippen LogP contribution is 2.31. The summed E-state index contributed by atoms with van der Waals surface area (Å²) in [7, 11) is 0. The first-order valence-electron chi connectivity index (χ1n) is 7.36. The summed E-state index contributed by atoms with van der Waals surface area (Å²) < 4.78 is 6.95. The van der Waals surface area contributed by atoms with Gasteiger partial charge in [-0.1, -0.05) is 28.1 Å². The van der Waals surface area contributed by atoms with Crippen molar-refractivity contribution >= 4 is 15.9 Å². The van der Waals surface area contributed by atoms with Crippen LogP contribution >= 0.6 is 15.9 Å². The molecule has 3 N–H and O–H groups in total. The summed E-state index contributed by atoms with van der Waals surface area (Å²) in [6, 6.07) is 8.37. The van der Waals surface area contributed by atoms with Crippen molar-refractivity contribution in [2.75, 3.05) is 19.7 Å². The molecule has 1 saturated heterocycles. The fraction of sp³-hybridized carbons (Fsp3) is 0.625. The van der Waals surface area contributed by atoms with Gasteiger partial charge in [-0.05, 0) is 38.5 Å². The number of halogens is 1. The van der Waals surface area contributed by atoms with Crippen LogP contribution < -0.4 is 5.73 Å². The minimum Gasteiger partial charge on any atom is -0.394 e. The molecule has 3 unspecified atom stereocenters. The number of aliphatic hydroxyl groups is 1. The highest BCUT2D eigenvalue weighted by Gasteiger charge is 2.37. The number of ether oxygens (including phenoxy) is 1. The zero-order valence-corrected chi connectivity index (χ0v) is 14.5. The summed E-state index contributed by atoms with van der Waals surface area (Å²) in [5.74, 6) is 0. The molecule has 21 heavy (non-hydrogen) atoms. The second kappa shape index (κ2) is 6.75. The van der Waals surface area contributed by atoms with Gasteiger partial charge in [0.2, 0.25) is 0 Å². The Labute approximate surface area is 135 Å². The fourth-order valence-electron chi connectivity index (χ4n) is 3.19. The minimum atomic E-state index is -0.287. The Hall–Kier alpha value is -0.460. The van der Waals surface area contributed by atoms with Crippen molar-refractivity contribution in [2.45, 2.75) is 44.6 Å². The Morgan fingerprint density at radius 1 is 1.52 bits per heavy atom. The van der Waals surface area contributed by atoms with Crippen molar-refractivity contribution in [3.05, 3.63) is 34.3 Å². The molecule has 118 valence electrons. The normalized spacial score (nSPS) is 25.5. The summed E-state index contributed by atoms with van der Waals surface area (Å²) >= 11 is 3.53. The van der Waals surface area contributed by atoms with Gasteiger partial charge < -0.3 is 15.6 Å². The Kier molecular flexibility index (Phi) is 5.43. The third-order valence-electron chi connectivity index (χ3n) is 3.79. The van der Waals surface area contributed by atoms with Crippen LogP contribution in [-0.2, 0) is 4.74 Å². The van der Waals surface area contributed by atoms with Crippen molar-refractivity contribution in [1.29, 1.82) is 0 Å². The molecule has 2 rings (SSSR count).